The highest BCUT2D eigenvalue weighted by atomic mass is 32.1. The fraction of sp³-hybridized carbons (Fsp3) is 0.500. The summed E-state index contributed by atoms with van der Waals surface area (Å²) in [5.74, 6) is -1.05. The molecule has 1 aromatic rings. The predicted molar refractivity (Wildman–Crippen MR) is 60.1 cm³/mol. The van der Waals surface area contributed by atoms with Crippen LogP contribution in [0.3, 0.4) is 0 Å². The summed E-state index contributed by atoms with van der Waals surface area (Å²) in [5, 5.41) is 9.08. The summed E-state index contributed by atoms with van der Waals surface area (Å²) in [5.41, 5.74) is -0.619. The molecule has 0 atom stereocenters. The topological polar surface area (TPSA) is 85.7 Å². The molecular weight excluding hydrogens is 246 g/mol. The molecule has 0 aliphatic carbocycles. The molecule has 0 unspecified atom stereocenters. The van der Waals surface area contributed by atoms with E-state index in [1.165, 1.54) is 6.20 Å². The first-order chi connectivity index (χ1) is 7.78. The Balaban J connectivity index is 2.45. The lowest BCUT2D eigenvalue weighted by Crippen LogP contribution is -2.24. The minimum Gasteiger partial charge on any atom is -0.477 e. The molecule has 0 fully saturated rings. The maximum Gasteiger partial charge on any atom is 0.509 e. The first kappa shape index (κ1) is 13.4. The van der Waals surface area contributed by atoms with Crippen molar-refractivity contribution in [3.63, 3.8) is 0 Å². The highest BCUT2D eigenvalue weighted by Gasteiger charge is 2.18. The molecule has 0 saturated carbocycles. The number of nitrogens with zero attached hydrogens (tertiary/aromatic N) is 1. The van der Waals surface area contributed by atoms with Crippen LogP contribution in [0, 0.1) is 0 Å². The van der Waals surface area contributed by atoms with Crippen LogP contribution in [0.2, 0.25) is 0 Å². The molecule has 1 N–H and O–H groups in total. The number of aromatic carboxylic acids is 1. The van der Waals surface area contributed by atoms with Crippen LogP contribution in [0.15, 0.2) is 6.20 Å². The number of hydrogen-bond donors (Lipinski definition) is 1. The van der Waals surface area contributed by atoms with Crippen molar-refractivity contribution in [1.29, 1.82) is 0 Å². The zero-order valence-corrected chi connectivity index (χ0v) is 10.5. The Labute approximate surface area is 102 Å². The second-order valence-corrected chi connectivity index (χ2v) is 5.29. The van der Waals surface area contributed by atoms with Gasteiger partial charge in [0, 0.05) is 0 Å². The van der Waals surface area contributed by atoms with Crippen LogP contribution in [0.4, 0.5) is 4.79 Å². The number of ether oxygens (including phenoxy) is 2. The van der Waals surface area contributed by atoms with Crippen LogP contribution in [0.25, 0.3) is 0 Å². The largest absolute Gasteiger partial charge is 0.509 e. The normalized spacial score (nSPS) is 11.0. The van der Waals surface area contributed by atoms with Crippen molar-refractivity contribution < 1.29 is 24.2 Å². The van der Waals surface area contributed by atoms with E-state index in [-0.39, 0.29) is 11.5 Å². The Morgan fingerprint density at radius 2 is 2.12 bits per heavy atom. The van der Waals surface area contributed by atoms with Crippen molar-refractivity contribution in [2.24, 2.45) is 0 Å². The van der Waals surface area contributed by atoms with E-state index in [0.717, 1.165) is 11.3 Å². The van der Waals surface area contributed by atoms with Gasteiger partial charge in [-0.3, -0.25) is 0 Å². The number of hydrogen-bond acceptors (Lipinski definition) is 6. The first-order valence-corrected chi connectivity index (χ1v) is 5.63. The fourth-order valence-corrected chi connectivity index (χ4v) is 1.55. The molecule has 0 radical (unpaired) electrons. The summed E-state index contributed by atoms with van der Waals surface area (Å²) in [4.78, 5) is 25.7. The summed E-state index contributed by atoms with van der Waals surface area (Å²) in [6.45, 7) is 5.08. The second kappa shape index (κ2) is 5.13. The summed E-state index contributed by atoms with van der Waals surface area (Å²) in [6, 6.07) is 0. The Bertz CT molecular complexity index is 421. The van der Waals surface area contributed by atoms with Crippen LogP contribution < -0.4 is 0 Å². The molecule has 0 aliphatic heterocycles. The van der Waals surface area contributed by atoms with E-state index in [1.54, 1.807) is 20.8 Å². The van der Waals surface area contributed by atoms with Crippen molar-refractivity contribution >= 4 is 23.5 Å². The van der Waals surface area contributed by atoms with Gasteiger partial charge in [0.2, 0.25) is 0 Å². The number of carbonyl (C=O) groups excluding carboxylic acids is 1. The molecule has 7 heteroatoms. The molecule has 1 rings (SSSR count). The number of thiazole rings is 1. The minimum atomic E-state index is -1.05. The second-order valence-electron chi connectivity index (χ2n) is 4.18. The molecule has 0 amide bonds. The Hall–Kier alpha value is -1.63. The van der Waals surface area contributed by atoms with Crippen molar-refractivity contribution in [3.05, 3.63) is 16.1 Å². The van der Waals surface area contributed by atoms with Crippen molar-refractivity contribution in [3.8, 4) is 0 Å². The molecule has 0 spiro atoms. The minimum absolute atomic E-state index is 0.0904. The first-order valence-electron chi connectivity index (χ1n) is 4.82. The summed E-state index contributed by atoms with van der Waals surface area (Å²) < 4.78 is 9.70. The maximum absolute atomic E-state index is 11.2. The van der Waals surface area contributed by atoms with E-state index in [4.69, 9.17) is 14.6 Å². The van der Waals surface area contributed by atoms with Crippen molar-refractivity contribution in [2.45, 2.75) is 33.0 Å². The summed E-state index contributed by atoms with van der Waals surface area (Å²) >= 11 is 0.958. The van der Waals surface area contributed by atoms with Gasteiger partial charge in [0.15, 0.2) is 0 Å². The van der Waals surface area contributed by atoms with Crippen LogP contribution >= 0.6 is 11.3 Å². The monoisotopic (exact) mass is 259 g/mol. The van der Waals surface area contributed by atoms with Crippen LogP contribution in [0.5, 0.6) is 0 Å². The average Bonchev–Trinajstić information content (AvgIpc) is 2.60. The van der Waals surface area contributed by atoms with Gasteiger partial charge in [-0.05, 0) is 20.8 Å². The van der Waals surface area contributed by atoms with Gasteiger partial charge in [-0.1, -0.05) is 0 Å². The molecular formula is C10H13NO5S. The fourth-order valence-electron chi connectivity index (χ4n) is 0.876. The van der Waals surface area contributed by atoms with Crippen molar-refractivity contribution in [2.75, 3.05) is 0 Å². The molecule has 1 heterocycles. The molecule has 17 heavy (non-hydrogen) atoms. The van der Waals surface area contributed by atoms with E-state index < -0.39 is 17.7 Å². The lowest BCUT2D eigenvalue weighted by Gasteiger charge is -2.18. The van der Waals surface area contributed by atoms with Crippen LogP contribution in [-0.4, -0.2) is 27.8 Å². The average molecular weight is 259 g/mol. The smallest absolute Gasteiger partial charge is 0.477 e. The predicted octanol–water partition coefficient (Wildman–Crippen LogP) is 2.29. The summed E-state index contributed by atoms with van der Waals surface area (Å²) in [7, 11) is 0. The van der Waals surface area contributed by atoms with Gasteiger partial charge in [-0.2, -0.15) is 0 Å². The van der Waals surface area contributed by atoms with Crippen LogP contribution in [-0.2, 0) is 16.1 Å². The van der Waals surface area contributed by atoms with Gasteiger partial charge >= 0.3 is 12.1 Å². The number of carboxylic acids is 1. The zero-order chi connectivity index (χ0) is 13.1. The van der Waals surface area contributed by atoms with Gasteiger partial charge in [-0.25, -0.2) is 14.6 Å². The van der Waals surface area contributed by atoms with Gasteiger partial charge < -0.3 is 14.6 Å². The third-order valence-electron chi connectivity index (χ3n) is 1.47. The highest BCUT2D eigenvalue weighted by Crippen LogP contribution is 2.15. The summed E-state index contributed by atoms with van der Waals surface area (Å²) in [6.07, 6.45) is 0.422. The highest BCUT2D eigenvalue weighted by molar-refractivity contribution is 7.13. The van der Waals surface area contributed by atoms with Gasteiger partial charge in [0.1, 0.15) is 22.1 Å². The Kier molecular flexibility index (Phi) is 4.06. The molecule has 0 aromatic carbocycles. The molecule has 0 aliphatic rings. The third-order valence-corrected chi connectivity index (χ3v) is 2.43. The maximum atomic E-state index is 11.2. The number of aromatic nitrogens is 1. The van der Waals surface area contributed by atoms with E-state index >= 15 is 0 Å². The molecule has 6 nitrogen and oxygen atoms in total. The quantitative estimate of drug-likeness (QED) is 0.838. The van der Waals surface area contributed by atoms with Gasteiger partial charge in [-0.15, -0.1) is 11.3 Å². The van der Waals surface area contributed by atoms with E-state index in [2.05, 4.69) is 4.98 Å². The number of rotatable bonds is 3. The van der Waals surface area contributed by atoms with Crippen molar-refractivity contribution in [1.82, 2.24) is 4.98 Å². The number of carbonyl (C=O) groups is 2. The third kappa shape index (κ3) is 4.81. The Morgan fingerprint density at radius 3 is 2.59 bits per heavy atom. The van der Waals surface area contributed by atoms with Gasteiger partial charge in [0.05, 0.1) is 6.20 Å². The molecule has 0 bridgehead atoms. The zero-order valence-electron chi connectivity index (χ0n) is 9.72. The van der Waals surface area contributed by atoms with Crippen LogP contribution in [0.1, 0.15) is 35.5 Å². The van der Waals surface area contributed by atoms with E-state index in [0.29, 0.717) is 5.01 Å². The lowest BCUT2D eigenvalue weighted by molar-refractivity contribution is -0.0108. The van der Waals surface area contributed by atoms with E-state index in [1.807, 2.05) is 0 Å². The molecule has 1 aromatic heterocycles. The van der Waals surface area contributed by atoms with Gasteiger partial charge in [0.25, 0.3) is 0 Å². The Morgan fingerprint density at radius 1 is 1.47 bits per heavy atom. The van der Waals surface area contributed by atoms with E-state index in [9.17, 15) is 9.59 Å². The standard InChI is InChI=1S/C10H13NO5S/c1-10(2,3)16-9(14)15-5-7-11-4-6(17-7)8(12)13/h4H,5H2,1-3H3,(H,12,13). The SMILES string of the molecule is CC(C)(C)OC(=O)OCc1ncc(C(=O)O)s1. The lowest BCUT2D eigenvalue weighted by atomic mass is 10.2. The molecule has 0 saturated heterocycles. The molecule has 94 valence electrons. The number of carboxylic acid groups (broad SMARTS) is 1.